The Morgan fingerprint density at radius 3 is 2.48 bits per heavy atom. The molecular weight excluding hydrogens is 294 g/mol. The van der Waals surface area contributed by atoms with E-state index in [-0.39, 0.29) is 0 Å². The first-order chi connectivity index (χ1) is 11.3. The van der Waals surface area contributed by atoms with Crippen molar-refractivity contribution < 1.29 is 9.47 Å². The summed E-state index contributed by atoms with van der Waals surface area (Å²) in [6, 6.07) is 16.5. The molecule has 7 heteroatoms. The summed E-state index contributed by atoms with van der Waals surface area (Å²) in [6.07, 6.45) is 1.53. The standard InChI is InChI=1S/C16H13N5O2/c17-11-13-2-1-3-16(10-13)23-9-8-22-15-6-4-14(5-7-15)21-12-18-19-20-21/h1-7,10,12H,8-9H2. The second-order valence-electron chi connectivity index (χ2n) is 4.58. The van der Waals surface area contributed by atoms with Crippen LogP contribution in [0.2, 0.25) is 0 Å². The van der Waals surface area contributed by atoms with E-state index in [4.69, 9.17) is 14.7 Å². The maximum absolute atomic E-state index is 8.83. The number of benzene rings is 2. The molecule has 3 rings (SSSR count). The molecule has 114 valence electrons. The van der Waals surface area contributed by atoms with E-state index < -0.39 is 0 Å². The van der Waals surface area contributed by atoms with Gasteiger partial charge in [-0.25, -0.2) is 4.68 Å². The van der Waals surface area contributed by atoms with Crippen LogP contribution in [0, 0.1) is 11.3 Å². The molecule has 1 aromatic heterocycles. The average molecular weight is 307 g/mol. The van der Waals surface area contributed by atoms with Crippen LogP contribution in [0.1, 0.15) is 5.56 Å². The van der Waals surface area contributed by atoms with Crippen molar-refractivity contribution >= 4 is 0 Å². The van der Waals surface area contributed by atoms with Crippen molar-refractivity contribution in [3.63, 3.8) is 0 Å². The van der Waals surface area contributed by atoms with Crippen LogP contribution in [0.5, 0.6) is 11.5 Å². The molecule has 0 aliphatic carbocycles. The van der Waals surface area contributed by atoms with Crippen molar-refractivity contribution in [1.82, 2.24) is 20.2 Å². The fourth-order valence-electron chi connectivity index (χ4n) is 1.95. The molecule has 0 aliphatic heterocycles. The molecular formula is C16H13N5O2. The van der Waals surface area contributed by atoms with Gasteiger partial charge in [0.25, 0.3) is 0 Å². The van der Waals surface area contributed by atoms with Crippen molar-refractivity contribution in [1.29, 1.82) is 5.26 Å². The summed E-state index contributed by atoms with van der Waals surface area (Å²) in [5.41, 5.74) is 1.42. The zero-order chi connectivity index (χ0) is 15.9. The zero-order valence-corrected chi connectivity index (χ0v) is 12.2. The second-order valence-corrected chi connectivity index (χ2v) is 4.58. The summed E-state index contributed by atoms with van der Waals surface area (Å²) in [4.78, 5) is 0. The third-order valence-corrected chi connectivity index (χ3v) is 3.03. The molecule has 0 bridgehead atoms. The third kappa shape index (κ3) is 3.83. The summed E-state index contributed by atoms with van der Waals surface area (Å²) in [5, 5.41) is 19.8. The van der Waals surface area contributed by atoms with E-state index in [0.29, 0.717) is 24.5 Å². The minimum Gasteiger partial charge on any atom is -0.490 e. The highest BCUT2D eigenvalue weighted by Crippen LogP contribution is 2.15. The van der Waals surface area contributed by atoms with Crippen molar-refractivity contribution in [2.24, 2.45) is 0 Å². The molecule has 1 heterocycles. The van der Waals surface area contributed by atoms with Gasteiger partial charge in [0.2, 0.25) is 0 Å². The second kappa shape index (κ2) is 7.04. The highest BCUT2D eigenvalue weighted by atomic mass is 16.5. The lowest BCUT2D eigenvalue weighted by atomic mass is 10.2. The minimum absolute atomic E-state index is 0.392. The molecule has 0 saturated heterocycles. The van der Waals surface area contributed by atoms with Crippen LogP contribution in [0.4, 0.5) is 0 Å². The highest BCUT2D eigenvalue weighted by molar-refractivity contribution is 5.37. The molecule has 3 aromatic rings. The van der Waals surface area contributed by atoms with Gasteiger partial charge < -0.3 is 9.47 Å². The van der Waals surface area contributed by atoms with Crippen molar-refractivity contribution in [2.45, 2.75) is 0 Å². The smallest absolute Gasteiger partial charge is 0.143 e. The van der Waals surface area contributed by atoms with Gasteiger partial charge >= 0.3 is 0 Å². The molecule has 0 radical (unpaired) electrons. The fourth-order valence-corrected chi connectivity index (χ4v) is 1.95. The van der Waals surface area contributed by atoms with E-state index in [1.54, 1.807) is 22.9 Å². The van der Waals surface area contributed by atoms with E-state index in [1.807, 2.05) is 30.3 Å². The van der Waals surface area contributed by atoms with Gasteiger partial charge in [0, 0.05) is 0 Å². The summed E-state index contributed by atoms with van der Waals surface area (Å²) >= 11 is 0. The number of rotatable bonds is 6. The van der Waals surface area contributed by atoms with Gasteiger partial charge in [0.05, 0.1) is 17.3 Å². The van der Waals surface area contributed by atoms with Gasteiger partial charge in [0.15, 0.2) is 0 Å². The van der Waals surface area contributed by atoms with Crippen molar-refractivity contribution in [3.8, 4) is 23.3 Å². The lowest BCUT2D eigenvalue weighted by Gasteiger charge is -2.09. The summed E-state index contributed by atoms with van der Waals surface area (Å²) in [7, 11) is 0. The first kappa shape index (κ1) is 14.5. The van der Waals surface area contributed by atoms with Gasteiger partial charge in [-0.2, -0.15) is 5.26 Å². The van der Waals surface area contributed by atoms with Crippen LogP contribution in [0.3, 0.4) is 0 Å². The Balaban J connectivity index is 1.48. The van der Waals surface area contributed by atoms with Gasteiger partial charge in [0.1, 0.15) is 31.0 Å². The largest absolute Gasteiger partial charge is 0.490 e. The number of aromatic nitrogens is 4. The van der Waals surface area contributed by atoms with Crippen LogP contribution in [-0.4, -0.2) is 33.4 Å². The average Bonchev–Trinajstić information content (AvgIpc) is 3.14. The maximum Gasteiger partial charge on any atom is 0.143 e. The van der Waals surface area contributed by atoms with Crippen LogP contribution in [-0.2, 0) is 0 Å². The summed E-state index contributed by atoms with van der Waals surface area (Å²) in [6.45, 7) is 0.796. The highest BCUT2D eigenvalue weighted by Gasteiger charge is 2.00. The third-order valence-electron chi connectivity index (χ3n) is 3.03. The number of nitriles is 1. The Bertz CT molecular complexity index is 794. The van der Waals surface area contributed by atoms with Crippen LogP contribution in [0.15, 0.2) is 54.9 Å². The number of nitrogens with zero attached hydrogens (tertiary/aromatic N) is 5. The van der Waals surface area contributed by atoms with E-state index in [9.17, 15) is 0 Å². The number of hydrogen-bond donors (Lipinski definition) is 0. The fraction of sp³-hybridized carbons (Fsp3) is 0.125. The Hall–Kier alpha value is -3.40. The van der Waals surface area contributed by atoms with Crippen LogP contribution in [0.25, 0.3) is 5.69 Å². The SMILES string of the molecule is N#Cc1cccc(OCCOc2ccc(-n3cnnn3)cc2)c1. The van der Waals surface area contributed by atoms with Gasteiger partial charge in [-0.1, -0.05) is 6.07 Å². The molecule has 0 spiro atoms. The lowest BCUT2D eigenvalue weighted by molar-refractivity contribution is 0.217. The van der Waals surface area contributed by atoms with Crippen molar-refractivity contribution in [2.75, 3.05) is 13.2 Å². The predicted octanol–water partition coefficient (Wildman–Crippen LogP) is 1.99. The van der Waals surface area contributed by atoms with E-state index >= 15 is 0 Å². The molecule has 0 amide bonds. The minimum atomic E-state index is 0.392. The summed E-state index contributed by atoms with van der Waals surface area (Å²) in [5.74, 6) is 1.39. The molecule has 0 atom stereocenters. The van der Waals surface area contributed by atoms with Gasteiger partial charge in [-0.05, 0) is 52.9 Å². The van der Waals surface area contributed by atoms with Crippen molar-refractivity contribution in [3.05, 3.63) is 60.4 Å². The zero-order valence-electron chi connectivity index (χ0n) is 12.2. The number of tetrazole rings is 1. The molecule has 0 aliphatic rings. The van der Waals surface area contributed by atoms with E-state index in [2.05, 4.69) is 21.6 Å². The van der Waals surface area contributed by atoms with E-state index in [1.165, 1.54) is 6.33 Å². The number of ether oxygens (including phenoxy) is 2. The van der Waals surface area contributed by atoms with Gasteiger partial charge in [-0.15, -0.1) is 5.10 Å². The molecule has 0 N–H and O–H groups in total. The van der Waals surface area contributed by atoms with E-state index in [0.717, 1.165) is 11.4 Å². The Kier molecular flexibility index (Phi) is 4.45. The molecule has 23 heavy (non-hydrogen) atoms. The normalized spacial score (nSPS) is 10.0. The van der Waals surface area contributed by atoms with Gasteiger partial charge in [-0.3, -0.25) is 0 Å². The lowest BCUT2D eigenvalue weighted by Crippen LogP contribution is -2.09. The Labute approximate surface area is 132 Å². The summed E-state index contributed by atoms with van der Waals surface area (Å²) < 4.78 is 12.7. The molecule has 7 nitrogen and oxygen atoms in total. The first-order valence-electron chi connectivity index (χ1n) is 6.94. The van der Waals surface area contributed by atoms with Crippen LogP contribution >= 0.6 is 0 Å². The first-order valence-corrected chi connectivity index (χ1v) is 6.94. The molecule has 0 fully saturated rings. The topological polar surface area (TPSA) is 85.9 Å². The quantitative estimate of drug-likeness (QED) is 0.647. The molecule has 0 unspecified atom stereocenters. The molecule has 2 aromatic carbocycles. The van der Waals surface area contributed by atoms with Crippen LogP contribution < -0.4 is 9.47 Å². The maximum atomic E-state index is 8.83. The monoisotopic (exact) mass is 307 g/mol. The Morgan fingerprint density at radius 1 is 1.00 bits per heavy atom. The predicted molar refractivity (Wildman–Crippen MR) is 81.3 cm³/mol. The Morgan fingerprint density at radius 2 is 1.78 bits per heavy atom. The number of hydrogen-bond acceptors (Lipinski definition) is 6. The molecule has 0 saturated carbocycles.